The maximum absolute atomic E-state index is 4.71. The molecule has 5 heteroatoms. The summed E-state index contributed by atoms with van der Waals surface area (Å²) in [7, 11) is 2.11. The van der Waals surface area contributed by atoms with E-state index in [2.05, 4.69) is 49.1 Å². The van der Waals surface area contributed by atoms with Crippen molar-refractivity contribution in [2.24, 2.45) is 4.99 Å². The van der Waals surface area contributed by atoms with Crippen molar-refractivity contribution in [1.29, 1.82) is 0 Å². The van der Waals surface area contributed by atoms with Gasteiger partial charge in [0.1, 0.15) is 0 Å². The Morgan fingerprint density at radius 2 is 2.14 bits per heavy atom. The van der Waals surface area contributed by atoms with Gasteiger partial charge in [-0.15, -0.1) is 24.0 Å². The summed E-state index contributed by atoms with van der Waals surface area (Å²) >= 11 is 0. The molecule has 1 aromatic heterocycles. The second kappa shape index (κ2) is 11.8. The molecule has 21 heavy (non-hydrogen) atoms. The first-order valence-electron chi connectivity index (χ1n) is 7.58. The van der Waals surface area contributed by atoms with E-state index in [9.17, 15) is 0 Å². The number of pyridine rings is 1. The molecule has 0 aliphatic rings. The van der Waals surface area contributed by atoms with Crippen LogP contribution in [0.15, 0.2) is 23.5 Å². The lowest BCUT2D eigenvalue weighted by atomic mass is 10.1. The predicted molar refractivity (Wildman–Crippen MR) is 102 cm³/mol. The Bertz CT molecular complexity index is 420. The molecule has 1 aromatic rings. The van der Waals surface area contributed by atoms with Crippen molar-refractivity contribution in [2.45, 2.75) is 40.0 Å². The Hall–Kier alpha value is -0.850. The molecule has 0 aliphatic carbocycles. The molecule has 1 rings (SSSR count). The second-order valence-corrected chi connectivity index (χ2v) is 5.06. The number of nitrogens with zero attached hydrogens (tertiary/aromatic N) is 3. The van der Waals surface area contributed by atoms with Gasteiger partial charge in [-0.3, -0.25) is 9.98 Å². The highest BCUT2D eigenvalue weighted by molar-refractivity contribution is 14.0. The number of aliphatic imine (C=N–C) groups is 1. The number of hydrogen-bond acceptors (Lipinski definition) is 2. The minimum absolute atomic E-state index is 0. The Kier molecular flexibility index (Phi) is 11.3. The minimum atomic E-state index is 0. The van der Waals surface area contributed by atoms with Crippen LogP contribution < -0.4 is 5.32 Å². The summed E-state index contributed by atoms with van der Waals surface area (Å²) in [6.07, 6.45) is 7.14. The van der Waals surface area contributed by atoms with Crippen LogP contribution in [-0.2, 0) is 6.42 Å². The summed E-state index contributed by atoms with van der Waals surface area (Å²) in [5.74, 6) is 1.01. The first kappa shape index (κ1) is 20.1. The minimum Gasteiger partial charge on any atom is -0.357 e. The van der Waals surface area contributed by atoms with Gasteiger partial charge in [0, 0.05) is 39.1 Å². The van der Waals surface area contributed by atoms with Crippen molar-refractivity contribution in [3.05, 3.63) is 29.6 Å². The van der Waals surface area contributed by atoms with E-state index in [4.69, 9.17) is 4.99 Å². The standard InChI is InChI=1S/C16H28N4.HI/c1-5-7-12-20(4)16(18-6-2)19-11-9-15-8-10-17-13-14(15)3;/h8,10,13H,5-7,9,11-12H2,1-4H3,(H,18,19);1H. The van der Waals surface area contributed by atoms with Gasteiger partial charge >= 0.3 is 0 Å². The maximum atomic E-state index is 4.71. The lowest BCUT2D eigenvalue weighted by Crippen LogP contribution is -2.39. The van der Waals surface area contributed by atoms with E-state index in [1.54, 1.807) is 0 Å². The van der Waals surface area contributed by atoms with Gasteiger partial charge in [-0.2, -0.15) is 0 Å². The highest BCUT2D eigenvalue weighted by atomic mass is 127. The number of rotatable bonds is 7. The largest absolute Gasteiger partial charge is 0.357 e. The van der Waals surface area contributed by atoms with Crippen LogP contribution in [0.2, 0.25) is 0 Å². The molecule has 0 atom stereocenters. The first-order chi connectivity index (χ1) is 9.69. The number of guanidine groups is 1. The van der Waals surface area contributed by atoms with Gasteiger partial charge in [-0.1, -0.05) is 13.3 Å². The zero-order valence-electron chi connectivity index (χ0n) is 13.7. The van der Waals surface area contributed by atoms with Gasteiger partial charge in [-0.05, 0) is 43.9 Å². The lowest BCUT2D eigenvalue weighted by Gasteiger charge is -2.21. The SMILES string of the molecule is CCCCN(C)C(=NCCc1ccncc1C)NCC.I. The third-order valence-corrected chi connectivity index (χ3v) is 3.32. The van der Waals surface area contributed by atoms with Crippen molar-refractivity contribution >= 4 is 29.9 Å². The number of aryl methyl sites for hydroxylation is 1. The molecule has 0 saturated heterocycles. The van der Waals surface area contributed by atoms with E-state index in [1.165, 1.54) is 24.0 Å². The fourth-order valence-corrected chi connectivity index (χ4v) is 2.04. The number of aromatic nitrogens is 1. The van der Waals surface area contributed by atoms with Crippen LogP contribution in [-0.4, -0.2) is 42.5 Å². The molecule has 1 N–H and O–H groups in total. The van der Waals surface area contributed by atoms with E-state index in [-0.39, 0.29) is 24.0 Å². The number of hydrogen-bond donors (Lipinski definition) is 1. The fourth-order valence-electron chi connectivity index (χ4n) is 2.04. The zero-order chi connectivity index (χ0) is 14.8. The van der Waals surface area contributed by atoms with E-state index < -0.39 is 0 Å². The molecule has 0 spiro atoms. The fraction of sp³-hybridized carbons (Fsp3) is 0.625. The Morgan fingerprint density at radius 3 is 2.76 bits per heavy atom. The third-order valence-electron chi connectivity index (χ3n) is 3.32. The number of nitrogens with one attached hydrogen (secondary N) is 1. The monoisotopic (exact) mass is 404 g/mol. The average molecular weight is 404 g/mol. The topological polar surface area (TPSA) is 40.5 Å². The van der Waals surface area contributed by atoms with Crippen LogP contribution in [0.3, 0.4) is 0 Å². The van der Waals surface area contributed by atoms with Crippen LogP contribution in [0.1, 0.15) is 37.8 Å². The van der Waals surface area contributed by atoms with Crippen LogP contribution in [0, 0.1) is 6.92 Å². The summed E-state index contributed by atoms with van der Waals surface area (Å²) < 4.78 is 0. The Balaban J connectivity index is 0.00000400. The highest BCUT2D eigenvalue weighted by Crippen LogP contribution is 2.06. The highest BCUT2D eigenvalue weighted by Gasteiger charge is 2.04. The van der Waals surface area contributed by atoms with Crippen LogP contribution in [0.25, 0.3) is 0 Å². The molecule has 0 bridgehead atoms. The smallest absolute Gasteiger partial charge is 0.193 e. The molecule has 0 unspecified atom stereocenters. The normalized spacial score (nSPS) is 11.0. The molecule has 4 nitrogen and oxygen atoms in total. The van der Waals surface area contributed by atoms with Crippen molar-refractivity contribution < 1.29 is 0 Å². The molecule has 0 amide bonds. The van der Waals surface area contributed by atoms with Crippen molar-refractivity contribution in [1.82, 2.24) is 15.2 Å². The van der Waals surface area contributed by atoms with Crippen LogP contribution in [0.4, 0.5) is 0 Å². The predicted octanol–water partition coefficient (Wildman–Crippen LogP) is 3.25. The molecule has 1 heterocycles. The molecule has 0 saturated carbocycles. The van der Waals surface area contributed by atoms with Gasteiger partial charge in [0.05, 0.1) is 0 Å². The van der Waals surface area contributed by atoms with Gasteiger partial charge < -0.3 is 10.2 Å². The quantitative estimate of drug-likeness (QED) is 0.431. The van der Waals surface area contributed by atoms with E-state index in [1.807, 2.05) is 12.4 Å². The van der Waals surface area contributed by atoms with E-state index in [0.29, 0.717) is 0 Å². The molecular formula is C16H29IN4. The summed E-state index contributed by atoms with van der Waals surface area (Å²) in [4.78, 5) is 11.1. The second-order valence-electron chi connectivity index (χ2n) is 5.06. The summed E-state index contributed by atoms with van der Waals surface area (Å²) in [6.45, 7) is 9.19. The molecule has 120 valence electrons. The molecule has 0 aromatic carbocycles. The van der Waals surface area contributed by atoms with Crippen LogP contribution >= 0.6 is 24.0 Å². The van der Waals surface area contributed by atoms with Gasteiger partial charge in [0.15, 0.2) is 5.96 Å². The van der Waals surface area contributed by atoms with Crippen LogP contribution in [0.5, 0.6) is 0 Å². The number of halogens is 1. The Morgan fingerprint density at radius 1 is 1.38 bits per heavy atom. The average Bonchev–Trinajstić information content (AvgIpc) is 2.45. The Labute approximate surface area is 146 Å². The first-order valence-corrected chi connectivity index (χ1v) is 7.58. The summed E-state index contributed by atoms with van der Waals surface area (Å²) in [5.41, 5.74) is 2.57. The van der Waals surface area contributed by atoms with Crippen molar-refractivity contribution in [3.63, 3.8) is 0 Å². The molecule has 0 radical (unpaired) electrons. The molecular weight excluding hydrogens is 375 g/mol. The van der Waals surface area contributed by atoms with E-state index >= 15 is 0 Å². The zero-order valence-corrected chi connectivity index (χ0v) is 16.1. The van der Waals surface area contributed by atoms with Gasteiger partial charge in [-0.25, -0.2) is 0 Å². The molecule has 0 fully saturated rings. The van der Waals surface area contributed by atoms with Gasteiger partial charge in [0.2, 0.25) is 0 Å². The molecule has 0 aliphatic heterocycles. The van der Waals surface area contributed by atoms with Gasteiger partial charge in [0.25, 0.3) is 0 Å². The maximum Gasteiger partial charge on any atom is 0.193 e. The number of unbranched alkanes of at least 4 members (excludes halogenated alkanes) is 1. The summed E-state index contributed by atoms with van der Waals surface area (Å²) in [5, 5.41) is 3.36. The lowest BCUT2D eigenvalue weighted by molar-refractivity contribution is 0.465. The van der Waals surface area contributed by atoms with Crippen molar-refractivity contribution in [3.8, 4) is 0 Å². The van der Waals surface area contributed by atoms with E-state index in [0.717, 1.165) is 32.0 Å². The van der Waals surface area contributed by atoms with Crippen molar-refractivity contribution in [2.75, 3.05) is 26.7 Å². The summed E-state index contributed by atoms with van der Waals surface area (Å²) in [6, 6.07) is 2.08. The third kappa shape index (κ3) is 7.64.